The summed E-state index contributed by atoms with van der Waals surface area (Å²) in [5.74, 6) is 0.138. The van der Waals surface area contributed by atoms with Gasteiger partial charge >= 0.3 is 0 Å². The third-order valence-corrected chi connectivity index (χ3v) is 3.63. The van der Waals surface area contributed by atoms with Gasteiger partial charge in [-0.1, -0.05) is 6.92 Å². The molecule has 0 aromatic carbocycles. The third kappa shape index (κ3) is 3.93. The summed E-state index contributed by atoms with van der Waals surface area (Å²) >= 11 is 0. The average molecular weight is 257 g/mol. The predicted molar refractivity (Wildman–Crippen MR) is 72.4 cm³/mol. The first-order valence-electron chi connectivity index (χ1n) is 6.77. The maximum Gasteiger partial charge on any atom is 0.223 e. The van der Waals surface area contributed by atoms with Gasteiger partial charge in [0.25, 0.3) is 0 Å². The van der Waals surface area contributed by atoms with E-state index >= 15 is 0 Å². The number of ether oxygens (including phenoxy) is 1. The molecule has 3 unspecified atom stereocenters. The summed E-state index contributed by atoms with van der Waals surface area (Å²) < 4.78 is 5.68. The maximum atomic E-state index is 11.8. The van der Waals surface area contributed by atoms with Crippen LogP contribution in [0.4, 0.5) is 0 Å². The quantitative estimate of drug-likeness (QED) is 0.769. The van der Waals surface area contributed by atoms with Gasteiger partial charge in [-0.15, -0.1) is 0 Å². The summed E-state index contributed by atoms with van der Waals surface area (Å²) in [5, 5.41) is 0. The first-order chi connectivity index (χ1) is 8.49. The lowest BCUT2D eigenvalue weighted by molar-refractivity contribution is -0.132. The van der Waals surface area contributed by atoms with Crippen LogP contribution < -0.4 is 5.73 Å². The minimum absolute atomic E-state index is 0.121. The van der Waals surface area contributed by atoms with Gasteiger partial charge in [-0.2, -0.15) is 0 Å². The summed E-state index contributed by atoms with van der Waals surface area (Å²) in [7, 11) is 3.57. The van der Waals surface area contributed by atoms with E-state index in [1.807, 2.05) is 0 Å². The molecule has 3 atom stereocenters. The van der Waals surface area contributed by atoms with Crippen LogP contribution in [0.1, 0.15) is 26.7 Å². The molecule has 1 amide bonds. The van der Waals surface area contributed by atoms with Crippen molar-refractivity contribution >= 4 is 5.91 Å². The fourth-order valence-corrected chi connectivity index (χ4v) is 2.39. The van der Waals surface area contributed by atoms with Crippen molar-refractivity contribution < 1.29 is 9.53 Å². The Morgan fingerprint density at radius 3 is 2.72 bits per heavy atom. The van der Waals surface area contributed by atoms with Crippen molar-refractivity contribution in [2.45, 2.75) is 44.9 Å². The predicted octanol–water partition coefficient (Wildman–Crippen LogP) is 0.291. The molecule has 18 heavy (non-hydrogen) atoms. The molecule has 0 aromatic rings. The number of hydrogen-bond donors (Lipinski definition) is 1. The van der Waals surface area contributed by atoms with Crippen LogP contribution in [0, 0.1) is 0 Å². The van der Waals surface area contributed by atoms with E-state index in [1.165, 1.54) is 0 Å². The Hall–Kier alpha value is -0.650. The Kier molecular flexibility index (Phi) is 6.05. The Bertz CT molecular complexity index is 271. The molecule has 1 heterocycles. The number of amides is 1. The van der Waals surface area contributed by atoms with Crippen LogP contribution in [-0.2, 0) is 9.53 Å². The topological polar surface area (TPSA) is 58.8 Å². The van der Waals surface area contributed by atoms with E-state index in [4.69, 9.17) is 10.5 Å². The molecule has 1 rings (SSSR count). The van der Waals surface area contributed by atoms with Crippen LogP contribution in [-0.4, -0.2) is 67.7 Å². The lowest BCUT2D eigenvalue weighted by atomic mass is 10.0. The van der Waals surface area contributed by atoms with Gasteiger partial charge in [0.15, 0.2) is 0 Å². The highest BCUT2D eigenvalue weighted by atomic mass is 16.5. The van der Waals surface area contributed by atoms with Crippen LogP contribution >= 0.6 is 0 Å². The number of nitrogens with zero attached hydrogens (tertiary/aromatic N) is 2. The highest BCUT2D eigenvalue weighted by molar-refractivity contribution is 5.76. The number of carbonyl (C=O) groups is 1. The summed E-state index contributed by atoms with van der Waals surface area (Å²) in [4.78, 5) is 15.8. The second-order valence-electron chi connectivity index (χ2n) is 5.28. The zero-order valence-electron chi connectivity index (χ0n) is 12.1. The molecule has 0 saturated carbocycles. The number of rotatable bonds is 5. The zero-order chi connectivity index (χ0) is 13.7. The second-order valence-corrected chi connectivity index (χ2v) is 5.28. The van der Waals surface area contributed by atoms with Crippen molar-refractivity contribution in [3.8, 4) is 0 Å². The first-order valence-corrected chi connectivity index (χ1v) is 6.77. The smallest absolute Gasteiger partial charge is 0.223 e. The zero-order valence-corrected chi connectivity index (χ0v) is 12.1. The van der Waals surface area contributed by atoms with E-state index in [9.17, 15) is 4.79 Å². The summed E-state index contributed by atoms with van der Waals surface area (Å²) in [6, 6.07) is 0.501. The molecule has 0 aromatic heterocycles. The second kappa shape index (κ2) is 7.07. The molecule has 0 spiro atoms. The van der Waals surface area contributed by atoms with Crippen molar-refractivity contribution in [2.24, 2.45) is 5.73 Å². The monoisotopic (exact) mass is 257 g/mol. The molecule has 0 radical (unpaired) electrons. The van der Waals surface area contributed by atoms with E-state index in [0.29, 0.717) is 19.0 Å². The molecule has 1 fully saturated rings. The fourth-order valence-electron chi connectivity index (χ4n) is 2.39. The Morgan fingerprint density at radius 2 is 2.22 bits per heavy atom. The molecule has 1 saturated heterocycles. The van der Waals surface area contributed by atoms with E-state index < -0.39 is 0 Å². The normalized spacial score (nSPS) is 26.9. The average Bonchev–Trinajstić information content (AvgIpc) is 2.35. The van der Waals surface area contributed by atoms with Gasteiger partial charge in [-0.3, -0.25) is 9.69 Å². The maximum absolute atomic E-state index is 11.8. The molecular formula is C13H27N3O2. The lowest BCUT2D eigenvalue weighted by Gasteiger charge is -2.42. The van der Waals surface area contributed by atoms with E-state index in [2.05, 4.69) is 18.7 Å². The Labute approximate surface area is 110 Å². The molecule has 5 heteroatoms. The van der Waals surface area contributed by atoms with Crippen molar-refractivity contribution in [1.29, 1.82) is 0 Å². The van der Waals surface area contributed by atoms with Gasteiger partial charge in [0.1, 0.15) is 0 Å². The summed E-state index contributed by atoms with van der Waals surface area (Å²) in [5.41, 5.74) is 5.86. The minimum atomic E-state index is 0.121. The number of morpholine rings is 1. The lowest BCUT2D eigenvalue weighted by Crippen LogP contribution is -2.56. The van der Waals surface area contributed by atoms with Gasteiger partial charge in [0.2, 0.25) is 5.91 Å². The molecule has 1 aliphatic rings. The number of hydrogen-bond acceptors (Lipinski definition) is 4. The van der Waals surface area contributed by atoms with E-state index in [1.54, 1.807) is 19.0 Å². The highest BCUT2D eigenvalue weighted by Crippen LogP contribution is 2.19. The fraction of sp³-hybridized carbons (Fsp3) is 0.923. The highest BCUT2D eigenvalue weighted by Gasteiger charge is 2.31. The SMILES string of the molecule is CCC1COC(C)CN1C(CN)CC(=O)N(C)C. The minimum Gasteiger partial charge on any atom is -0.376 e. The van der Waals surface area contributed by atoms with Gasteiger partial charge in [-0.05, 0) is 13.3 Å². The molecule has 5 nitrogen and oxygen atoms in total. The van der Waals surface area contributed by atoms with E-state index in [-0.39, 0.29) is 18.1 Å². The van der Waals surface area contributed by atoms with Crippen molar-refractivity contribution in [1.82, 2.24) is 9.80 Å². The molecule has 2 N–H and O–H groups in total. The van der Waals surface area contributed by atoms with Crippen LogP contribution in [0.2, 0.25) is 0 Å². The van der Waals surface area contributed by atoms with Gasteiger partial charge in [-0.25, -0.2) is 0 Å². The van der Waals surface area contributed by atoms with Crippen molar-refractivity contribution in [3.05, 3.63) is 0 Å². The van der Waals surface area contributed by atoms with Crippen LogP contribution in [0.25, 0.3) is 0 Å². The molecule has 0 aliphatic carbocycles. The standard InChI is InChI=1S/C13H27N3O2/c1-5-11-9-18-10(2)8-16(11)12(7-14)6-13(17)15(3)4/h10-12H,5-9,14H2,1-4H3. The molecular weight excluding hydrogens is 230 g/mol. The molecule has 106 valence electrons. The van der Waals surface area contributed by atoms with Crippen LogP contribution in [0.15, 0.2) is 0 Å². The third-order valence-electron chi connectivity index (χ3n) is 3.63. The Balaban J connectivity index is 2.68. The largest absolute Gasteiger partial charge is 0.376 e. The number of carbonyl (C=O) groups excluding carboxylic acids is 1. The summed E-state index contributed by atoms with van der Waals surface area (Å²) in [6.45, 7) is 6.34. The van der Waals surface area contributed by atoms with Gasteiger partial charge < -0.3 is 15.4 Å². The van der Waals surface area contributed by atoms with Crippen molar-refractivity contribution in [2.75, 3.05) is 33.8 Å². The van der Waals surface area contributed by atoms with Crippen molar-refractivity contribution in [3.63, 3.8) is 0 Å². The van der Waals surface area contributed by atoms with Crippen LogP contribution in [0.5, 0.6) is 0 Å². The molecule has 1 aliphatic heterocycles. The number of nitrogens with two attached hydrogens (primary N) is 1. The van der Waals surface area contributed by atoms with Crippen LogP contribution in [0.3, 0.4) is 0 Å². The van der Waals surface area contributed by atoms with Gasteiger partial charge in [0.05, 0.1) is 12.7 Å². The molecule has 0 bridgehead atoms. The van der Waals surface area contributed by atoms with E-state index in [0.717, 1.165) is 19.6 Å². The van der Waals surface area contributed by atoms with Gasteiger partial charge in [0, 0.05) is 45.7 Å². The first kappa shape index (κ1) is 15.4. The Morgan fingerprint density at radius 1 is 1.56 bits per heavy atom. The summed E-state index contributed by atoms with van der Waals surface area (Å²) in [6.07, 6.45) is 1.74.